The molecule has 3 rings (SSSR count). The first-order valence-corrected chi connectivity index (χ1v) is 7.19. The summed E-state index contributed by atoms with van der Waals surface area (Å²) in [6.07, 6.45) is 4.49. The maximum Gasteiger partial charge on any atom is 0.189 e. The average molecular weight is 256 g/mol. The second-order valence-corrected chi connectivity index (χ2v) is 5.33. The Bertz CT molecular complexity index is 639. The van der Waals surface area contributed by atoms with Crippen LogP contribution in [0.1, 0.15) is 31.9 Å². The standard InChI is InChI=1S/C16H20N2O/c1-2-5-12-10-16(19)14-11-13(6-7-15(14)17-12)18-8-3-4-9-18/h6-7,10-11H,2-5,8-9H2,1H3,(H,17,19). The summed E-state index contributed by atoms with van der Waals surface area (Å²) in [5, 5.41) is 0.809. The summed E-state index contributed by atoms with van der Waals surface area (Å²) in [4.78, 5) is 17.9. The number of nitrogens with one attached hydrogen (secondary N) is 1. The normalized spacial score (nSPS) is 15.3. The maximum atomic E-state index is 12.2. The summed E-state index contributed by atoms with van der Waals surface area (Å²) in [6.45, 7) is 4.34. The Balaban J connectivity index is 2.05. The molecule has 19 heavy (non-hydrogen) atoms. The van der Waals surface area contributed by atoms with E-state index < -0.39 is 0 Å². The molecule has 1 saturated heterocycles. The van der Waals surface area contributed by atoms with Gasteiger partial charge in [-0.05, 0) is 37.5 Å². The van der Waals surface area contributed by atoms with E-state index in [-0.39, 0.29) is 5.43 Å². The lowest BCUT2D eigenvalue weighted by Gasteiger charge is -2.18. The van der Waals surface area contributed by atoms with E-state index >= 15 is 0 Å². The highest BCUT2D eigenvalue weighted by Crippen LogP contribution is 2.23. The monoisotopic (exact) mass is 256 g/mol. The van der Waals surface area contributed by atoms with Gasteiger partial charge in [0.25, 0.3) is 0 Å². The molecule has 0 aliphatic carbocycles. The molecule has 1 aliphatic heterocycles. The van der Waals surface area contributed by atoms with Crippen molar-refractivity contribution in [1.29, 1.82) is 0 Å². The van der Waals surface area contributed by atoms with Crippen LogP contribution in [0, 0.1) is 0 Å². The number of hydrogen-bond donors (Lipinski definition) is 1. The lowest BCUT2D eigenvalue weighted by Crippen LogP contribution is -2.18. The van der Waals surface area contributed by atoms with Crippen molar-refractivity contribution >= 4 is 16.6 Å². The zero-order chi connectivity index (χ0) is 13.2. The predicted octanol–water partition coefficient (Wildman–Crippen LogP) is 3.08. The van der Waals surface area contributed by atoms with Crippen molar-refractivity contribution in [3.05, 3.63) is 40.2 Å². The number of aromatic amines is 1. The average Bonchev–Trinajstić information content (AvgIpc) is 2.93. The minimum absolute atomic E-state index is 0.137. The fourth-order valence-corrected chi connectivity index (χ4v) is 2.87. The molecule has 0 amide bonds. The number of aryl methyl sites for hydroxylation is 1. The van der Waals surface area contributed by atoms with Crippen molar-refractivity contribution in [2.45, 2.75) is 32.6 Å². The van der Waals surface area contributed by atoms with Crippen molar-refractivity contribution in [3.63, 3.8) is 0 Å². The van der Waals surface area contributed by atoms with Crippen molar-refractivity contribution in [2.75, 3.05) is 18.0 Å². The Morgan fingerprint density at radius 1 is 1.21 bits per heavy atom. The molecule has 1 fully saturated rings. The van der Waals surface area contributed by atoms with Gasteiger partial charge >= 0.3 is 0 Å². The number of pyridine rings is 1. The van der Waals surface area contributed by atoms with E-state index in [0.29, 0.717) is 0 Å². The molecule has 1 aromatic carbocycles. The van der Waals surface area contributed by atoms with E-state index in [1.54, 1.807) is 6.07 Å². The quantitative estimate of drug-likeness (QED) is 0.916. The highest BCUT2D eigenvalue weighted by atomic mass is 16.1. The first-order chi connectivity index (χ1) is 9.28. The van der Waals surface area contributed by atoms with Crippen molar-refractivity contribution in [1.82, 2.24) is 4.98 Å². The summed E-state index contributed by atoms with van der Waals surface area (Å²) in [6, 6.07) is 7.96. The van der Waals surface area contributed by atoms with Crippen LogP contribution >= 0.6 is 0 Å². The SMILES string of the molecule is CCCc1cc(=O)c2cc(N3CCCC3)ccc2[nH]1. The lowest BCUT2D eigenvalue weighted by molar-refractivity contribution is 0.888. The van der Waals surface area contributed by atoms with Crippen LogP contribution < -0.4 is 10.3 Å². The first kappa shape index (κ1) is 12.3. The number of rotatable bonds is 3. The zero-order valence-electron chi connectivity index (χ0n) is 11.4. The van der Waals surface area contributed by atoms with Crippen LogP contribution in [0.4, 0.5) is 5.69 Å². The van der Waals surface area contributed by atoms with Gasteiger partial charge in [-0.3, -0.25) is 4.79 Å². The van der Waals surface area contributed by atoms with Crippen molar-refractivity contribution < 1.29 is 0 Å². The molecule has 1 aromatic heterocycles. The number of benzene rings is 1. The van der Waals surface area contributed by atoms with Crippen LogP contribution in [0.5, 0.6) is 0 Å². The molecule has 0 spiro atoms. The van der Waals surface area contributed by atoms with Crippen LogP contribution in [-0.2, 0) is 6.42 Å². The van der Waals surface area contributed by atoms with Gasteiger partial charge in [0, 0.05) is 41.4 Å². The van der Waals surface area contributed by atoms with E-state index in [9.17, 15) is 4.79 Å². The van der Waals surface area contributed by atoms with Crippen LogP contribution in [-0.4, -0.2) is 18.1 Å². The van der Waals surface area contributed by atoms with E-state index in [2.05, 4.69) is 22.9 Å². The molecule has 0 unspecified atom stereocenters. The van der Waals surface area contributed by atoms with Crippen LogP contribution in [0.25, 0.3) is 10.9 Å². The molecule has 100 valence electrons. The Morgan fingerprint density at radius 2 is 2.00 bits per heavy atom. The van der Waals surface area contributed by atoms with Crippen LogP contribution in [0.15, 0.2) is 29.1 Å². The Kier molecular flexibility index (Phi) is 3.28. The molecule has 2 aromatic rings. The van der Waals surface area contributed by atoms with Gasteiger partial charge in [-0.25, -0.2) is 0 Å². The fourth-order valence-electron chi connectivity index (χ4n) is 2.87. The molecule has 3 nitrogen and oxygen atoms in total. The van der Waals surface area contributed by atoms with Crippen LogP contribution in [0.2, 0.25) is 0 Å². The number of hydrogen-bond acceptors (Lipinski definition) is 2. The van der Waals surface area contributed by atoms with Gasteiger partial charge in [0.15, 0.2) is 5.43 Å². The highest BCUT2D eigenvalue weighted by molar-refractivity contribution is 5.82. The van der Waals surface area contributed by atoms with Crippen LogP contribution in [0.3, 0.4) is 0 Å². The minimum Gasteiger partial charge on any atom is -0.372 e. The molecule has 0 atom stereocenters. The third kappa shape index (κ3) is 2.37. The third-order valence-corrected chi connectivity index (χ3v) is 3.86. The van der Waals surface area contributed by atoms with Gasteiger partial charge in [-0.15, -0.1) is 0 Å². The molecule has 1 N–H and O–H groups in total. The Morgan fingerprint density at radius 3 is 2.74 bits per heavy atom. The largest absolute Gasteiger partial charge is 0.372 e. The van der Waals surface area contributed by atoms with Gasteiger partial charge in [0.2, 0.25) is 0 Å². The topological polar surface area (TPSA) is 36.1 Å². The summed E-state index contributed by atoms with van der Waals surface area (Å²) in [7, 11) is 0. The molecule has 3 heteroatoms. The second-order valence-electron chi connectivity index (χ2n) is 5.33. The second kappa shape index (κ2) is 5.08. The fraction of sp³-hybridized carbons (Fsp3) is 0.438. The molecular formula is C16H20N2O. The lowest BCUT2D eigenvalue weighted by atomic mass is 10.1. The van der Waals surface area contributed by atoms with Gasteiger partial charge in [0.1, 0.15) is 0 Å². The van der Waals surface area contributed by atoms with Gasteiger partial charge in [0.05, 0.1) is 0 Å². The summed E-state index contributed by atoms with van der Waals surface area (Å²) >= 11 is 0. The molecule has 0 saturated carbocycles. The molecule has 1 aliphatic rings. The van der Waals surface area contributed by atoms with E-state index in [4.69, 9.17) is 0 Å². The van der Waals surface area contributed by atoms with Gasteiger partial charge < -0.3 is 9.88 Å². The molecule has 2 heterocycles. The maximum absolute atomic E-state index is 12.2. The van der Waals surface area contributed by atoms with E-state index in [1.807, 2.05) is 12.1 Å². The molecule has 0 radical (unpaired) electrons. The molecule has 0 bridgehead atoms. The molecular weight excluding hydrogens is 236 g/mol. The predicted molar refractivity (Wildman–Crippen MR) is 80.0 cm³/mol. The summed E-state index contributed by atoms with van der Waals surface area (Å²) in [5.41, 5.74) is 3.31. The van der Waals surface area contributed by atoms with Gasteiger partial charge in [-0.1, -0.05) is 13.3 Å². The zero-order valence-corrected chi connectivity index (χ0v) is 11.4. The number of anilines is 1. The van der Waals surface area contributed by atoms with Crippen molar-refractivity contribution in [2.24, 2.45) is 0 Å². The number of nitrogens with zero attached hydrogens (tertiary/aromatic N) is 1. The summed E-state index contributed by atoms with van der Waals surface area (Å²) < 4.78 is 0. The minimum atomic E-state index is 0.137. The number of aromatic nitrogens is 1. The summed E-state index contributed by atoms with van der Waals surface area (Å²) in [5.74, 6) is 0. The number of fused-ring (bicyclic) bond motifs is 1. The Hall–Kier alpha value is -1.77. The highest BCUT2D eigenvalue weighted by Gasteiger charge is 2.13. The Labute approximate surface area is 113 Å². The van der Waals surface area contributed by atoms with E-state index in [0.717, 1.165) is 42.5 Å². The first-order valence-electron chi connectivity index (χ1n) is 7.19. The third-order valence-electron chi connectivity index (χ3n) is 3.86. The van der Waals surface area contributed by atoms with Crippen molar-refractivity contribution in [3.8, 4) is 0 Å². The van der Waals surface area contributed by atoms with Gasteiger partial charge in [-0.2, -0.15) is 0 Å². The smallest absolute Gasteiger partial charge is 0.189 e. The van der Waals surface area contributed by atoms with E-state index in [1.165, 1.54) is 18.5 Å². The number of H-pyrrole nitrogens is 1.